The molecule has 0 aromatic heterocycles. The molecule has 0 atom stereocenters. The lowest BCUT2D eigenvalue weighted by atomic mass is 9.84. The molecule has 0 unspecified atom stereocenters. The molecule has 0 saturated carbocycles. The Morgan fingerprint density at radius 3 is 1.18 bits per heavy atom. The zero-order chi connectivity index (χ0) is 15.3. The van der Waals surface area contributed by atoms with Crippen LogP contribution in [0, 0.1) is 0 Å². The van der Waals surface area contributed by atoms with Crippen LogP contribution in [-0.4, -0.2) is 5.08 Å². The first-order valence-electron chi connectivity index (χ1n) is 7.29. The molecule has 110 valence electrons. The second kappa shape index (κ2) is 7.08. The van der Waals surface area contributed by atoms with Gasteiger partial charge in [-0.1, -0.05) is 91.0 Å². The number of hydrogen-bond acceptors (Lipinski definition) is 2. The van der Waals surface area contributed by atoms with Gasteiger partial charge in [-0.3, -0.25) is 0 Å². The maximum atomic E-state index is 4.53. The van der Waals surface area contributed by atoms with E-state index in [0.29, 0.717) is 0 Å². The highest BCUT2D eigenvalue weighted by atomic mass is 32.2. The minimum absolute atomic E-state index is 0.231. The number of benzene rings is 3. The van der Waals surface area contributed by atoms with Gasteiger partial charge < -0.3 is 0 Å². The summed E-state index contributed by atoms with van der Waals surface area (Å²) in [5.74, 6) is 0. The van der Waals surface area contributed by atoms with E-state index in [1.165, 1.54) is 16.7 Å². The lowest BCUT2D eigenvalue weighted by Crippen LogP contribution is -2.25. The molecule has 0 bridgehead atoms. The number of thioether (sulfide) groups is 1. The molecule has 0 fully saturated rings. The molecule has 3 aromatic carbocycles. The Labute approximate surface area is 142 Å². The van der Waals surface area contributed by atoms with Gasteiger partial charge in [0, 0.05) is 5.08 Å². The van der Waals surface area contributed by atoms with Crippen LogP contribution in [0.4, 0.5) is 0 Å². The summed E-state index contributed by atoms with van der Waals surface area (Å²) < 4.78 is -0.231. The van der Waals surface area contributed by atoms with Crippen molar-refractivity contribution in [1.29, 1.82) is 0 Å². The third-order valence-electron chi connectivity index (χ3n) is 3.82. The lowest BCUT2D eigenvalue weighted by molar-refractivity contribution is 0.898. The zero-order valence-electron chi connectivity index (χ0n) is 12.2. The summed E-state index contributed by atoms with van der Waals surface area (Å²) in [6, 6.07) is 32.1. The Morgan fingerprint density at radius 2 is 0.909 bits per heavy atom. The molecule has 0 aliphatic rings. The molecule has 0 nitrogen and oxygen atoms in total. The van der Waals surface area contributed by atoms with Crippen molar-refractivity contribution in [1.82, 2.24) is 0 Å². The van der Waals surface area contributed by atoms with Crippen LogP contribution in [0.2, 0.25) is 0 Å². The van der Waals surface area contributed by atoms with Crippen LogP contribution in [0.3, 0.4) is 0 Å². The van der Waals surface area contributed by atoms with Crippen LogP contribution in [0.5, 0.6) is 0 Å². The van der Waals surface area contributed by atoms with Crippen LogP contribution in [-0.2, 0) is 4.75 Å². The van der Waals surface area contributed by atoms with E-state index in [1.807, 2.05) is 11.8 Å². The van der Waals surface area contributed by atoms with Gasteiger partial charge in [0.1, 0.15) is 0 Å². The zero-order valence-corrected chi connectivity index (χ0v) is 13.9. The Hall–Kier alpha value is -1.64. The normalized spacial score (nSPS) is 11.3. The molecule has 0 saturated heterocycles. The van der Waals surface area contributed by atoms with Crippen LogP contribution < -0.4 is 0 Å². The summed E-state index contributed by atoms with van der Waals surface area (Å²) in [6.07, 6.45) is 0. The van der Waals surface area contributed by atoms with Gasteiger partial charge in [-0.2, -0.15) is 12.6 Å². The largest absolute Gasteiger partial charge is 0.168 e. The molecule has 0 aliphatic heterocycles. The van der Waals surface area contributed by atoms with Crippen LogP contribution in [0.1, 0.15) is 16.7 Å². The van der Waals surface area contributed by atoms with Gasteiger partial charge in [0.15, 0.2) is 0 Å². The summed E-state index contributed by atoms with van der Waals surface area (Å²) in [5, 5.41) is 0.749. The fourth-order valence-corrected chi connectivity index (χ4v) is 4.55. The predicted molar refractivity (Wildman–Crippen MR) is 101 cm³/mol. The second-order valence-electron chi connectivity index (χ2n) is 5.05. The van der Waals surface area contributed by atoms with Crippen molar-refractivity contribution in [3.8, 4) is 0 Å². The molecular formula is C20H18S2. The van der Waals surface area contributed by atoms with Crippen molar-refractivity contribution in [3.63, 3.8) is 0 Å². The smallest absolute Gasteiger partial charge is 0.0915 e. The maximum Gasteiger partial charge on any atom is 0.0915 e. The van der Waals surface area contributed by atoms with E-state index >= 15 is 0 Å². The number of rotatable bonds is 5. The monoisotopic (exact) mass is 322 g/mol. The van der Waals surface area contributed by atoms with E-state index in [9.17, 15) is 0 Å². The fourth-order valence-electron chi connectivity index (χ4n) is 2.87. The summed E-state index contributed by atoms with van der Waals surface area (Å²) in [5.41, 5.74) is 3.85. The number of thiol groups is 1. The molecule has 0 heterocycles. The molecule has 22 heavy (non-hydrogen) atoms. The Morgan fingerprint density at radius 1 is 0.591 bits per heavy atom. The van der Waals surface area contributed by atoms with E-state index in [-0.39, 0.29) is 4.75 Å². The summed E-state index contributed by atoms with van der Waals surface area (Å²) in [6.45, 7) is 0. The van der Waals surface area contributed by atoms with Gasteiger partial charge in [0.2, 0.25) is 0 Å². The Bertz CT molecular complexity index is 597. The first-order valence-corrected chi connectivity index (χ1v) is 8.91. The Kier molecular flexibility index (Phi) is 4.91. The molecule has 2 heteroatoms. The van der Waals surface area contributed by atoms with Crippen molar-refractivity contribution in [2.24, 2.45) is 0 Å². The van der Waals surface area contributed by atoms with Crippen molar-refractivity contribution in [3.05, 3.63) is 108 Å². The fraction of sp³-hybridized carbons (Fsp3) is 0.100. The standard InChI is InChI=1S/C20H18S2/c21-16-22-20(17-10-4-1-5-11-17,18-12-6-2-7-13-18)19-14-8-3-9-15-19/h1-15,21H,16H2. The van der Waals surface area contributed by atoms with Crippen molar-refractivity contribution in [2.75, 3.05) is 5.08 Å². The van der Waals surface area contributed by atoms with Crippen LogP contribution in [0.15, 0.2) is 91.0 Å². The van der Waals surface area contributed by atoms with Crippen LogP contribution in [0.25, 0.3) is 0 Å². The summed E-state index contributed by atoms with van der Waals surface area (Å²) in [4.78, 5) is 0. The van der Waals surface area contributed by atoms with Crippen molar-refractivity contribution in [2.45, 2.75) is 4.75 Å². The lowest BCUT2D eigenvalue weighted by Gasteiger charge is -2.35. The van der Waals surface area contributed by atoms with E-state index in [1.54, 1.807) is 0 Å². The maximum absolute atomic E-state index is 4.53. The molecule has 0 spiro atoms. The third-order valence-corrected chi connectivity index (χ3v) is 5.48. The van der Waals surface area contributed by atoms with E-state index in [2.05, 4.69) is 104 Å². The minimum Gasteiger partial charge on any atom is -0.168 e. The predicted octanol–water partition coefficient (Wildman–Crippen LogP) is 5.60. The first-order chi connectivity index (χ1) is 10.9. The minimum atomic E-state index is -0.231. The van der Waals surface area contributed by atoms with Gasteiger partial charge in [-0.15, -0.1) is 11.8 Å². The topological polar surface area (TPSA) is 0 Å². The van der Waals surface area contributed by atoms with Crippen molar-refractivity contribution >= 4 is 24.4 Å². The summed E-state index contributed by atoms with van der Waals surface area (Å²) in [7, 11) is 0. The molecule has 0 amide bonds. The summed E-state index contributed by atoms with van der Waals surface area (Å²) >= 11 is 6.38. The second-order valence-corrected chi connectivity index (χ2v) is 6.99. The molecular weight excluding hydrogens is 304 g/mol. The third kappa shape index (κ3) is 2.81. The molecule has 0 aliphatic carbocycles. The Balaban J connectivity index is 2.29. The highest BCUT2D eigenvalue weighted by Gasteiger charge is 2.36. The quantitative estimate of drug-likeness (QED) is 0.362. The molecule has 3 aromatic rings. The highest BCUT2D eigenvalue weighted by Crippen LogP contribution is 2.48. The molecule has 0 N–H and O–H groups in total. The average Bonchev–Trinajstić information content (AvgIpc) is 2.62. The number of hydrogen-bond donors (Lipinski definition) is 1. The molecule has 0 radical (unpaired) electrons. The SMILES string of the molecule is SCSC(c1ccccc1)(c1ccccc1)c1ccccc1. The average molecular weight is 322 g/mol. The van der Waals surface area contributed by atoms with Crippen LogP contribution >= 0.6 is 24.4 Å². The first kappa shape index (κ1) is 15.3. The van der Waals surface area contributed by atoms with Gasteiger partial charge in [-0.05, 0) is 16.7 Å². The molecule has 3 rings (SSSR count). The van der Waals surface area contributed by atoms with E-state index < -0.39 is 0 Å². The van der Waals surface area contributed by atoms with E-state index in [4.69, 9.17) is 0 Å². The van der Waals surface area contributed by atoms with E-state index in [0.717, 1.165) is 5.08 Å². The van der Waals surface area contributed by atoms with Gasteiger partial charge in [-0.25, -0.2) is 0 Å². The van der Waals surface area contributed by atoms with Gasteiger partial charge in [0.05, 0.1) is 4.75 Å². The van der Waals surface area contributed by atoms with Crippen molar-refractivity contribution < 1.29 is 0 Å². The van der Waals surface area contributed by atoms with Gasteiger partial charge in [0.25, 0.3) is 0 Å². The highest BCUT2D eigenvalue weighted by molar-refractivity contribution is 8.10. The van der Waals surface area contributed by atoms with Gasteiger partial charge >= 0.3 is 0 Å².